The number of benzene rings is 1. The lowest BCUT2D eigenvalue weighted by atomic mass is 10.1. The number of carboxylic acid groups (broad SMARTS) is 1. The van der Waals surface area contributed by atoms with Gasteiger partial charge in [-0.05, 0) is 57.9 Å². The number of carboxylic acids is 1. The molecule has 0 fully saturated rings. The average molecular weight is 446 g/mol. The SMILES string of the molecule is Cc1cc(OCn2nc(C)c(NC(=O)C(C)n3cc(C(=O)O)cn3)c2C)cc(C)c1Cl. The van der Waals surface area contributed by atoms with Gasteiger partial charge >= 0.3 is 5.97 Å². The lowest BCUT2D eigenvalue weighted by Gasteiger charge is -2.13. The van der Waals surface area contributed by atoms with Crippen molar-refractivity contribution in [2.45, 2.75) is 47.4 Å². The molecule has 0 saturated heterocycles. The van der Waals surface area contributed by atoms with Gasteiger partial charge in [-0.25, -0.2) is 9.48 Å². The van der Waals surface area contributed by atoms with Crippen molar-refractivity contribution >= 4 is 29.2 Å². The normalized spacial score (nSPS) is 11.9. The van der Waals surface area contributed by atoms with Crippen molar-refractivity contribution in [1.82, 2.24) is 19.6 Å². The number of hydrogen-bond acceptors (Lipinski definition) is 5. The first kappa shape index (κ1) is 22.4. The quantitative estimate of drug-likeness (QED) is 0.570. The number of anilines is 1. The third kappa shape index (κ3) is 4.72. The van der Waals surface area contributed by atoms with Crippen LogP contribution in [0.3, 0.4) is 0 Å². The number of nitrogens with one attached hydrogen (secondary N) is 1. The molecule has 1 amide bonds. The number of hydrogen-bond donors (Lipinski definition) is 2. The first-order valence-electron chi connectivity index (χ1n) is 9.60. The average Bonchev–Trinajstić information content (AvgIpc) is 3.31. The molecule has 2 aromatic heterocycles. The lowest BCUT2D eigenvalue weighted by molar-refractivity contribution is -0.119. The molecule has 0 bridgehead atoms. The molecule has 2 heterocycles. The highest BCUT2D eigenvalue weighted by Crippen LogP contribution is 2.27. The second-order valence-corrected chi connectivity index (χ2v) is 7.75. The van der Waals surface area contributed by atoms with Crippen molar-refractivity contribution < 1.29 is 19.4 Å². The second kappa shape index (κ2) is 8.81. The summed E-state index contributed by atoms with van der Waals surface area (Å²) >= 11 is 6.20. The van der Waals surface area contributed by atoms with E-state index in [9.17, 15) is 9.59 Å². The van der Waals surface area contributed by atoms with Crippen LogP contribution in [0.2, 0.25) is 5.02 Å². The Balaban J connectivity index is 1.72. The van der Waals surface area contributed by atoms with Crippen LogP contribution in [0.4, 0.5) is 5.69 Å². The van der Waals surface area contributed by atoms with Crippen molar-refractivity contribution in [1.29, 1.82) is 0 Å². The van der Waals surface area contributed by atoms with E-state index in [1.165, 1.54) is 17.1 Å². The smallest absolute Gasteiger partial charge is 0.338 e. The fourth-order valence-corrected chi connectivity index (χ4v) is 3.25. The van der Waals surface area contributed by atoms with E-state index in [1.807, 2.05) is 32.9 Å². The molecule has 31 heavy (non-hydrogen) atoms. The van der Waals surface area contributed by atoms with Gasteiger partial charge < -0.3 is 15.2 Å². The van der Waals surface area contributed by atoms with Crippen molar-refractivity contribution in [3.63, 3.8) is 0 Å². The van der Waals surface area contributed by atoms with Crippen LogP contribution in [0.25, 0.3) is 0 Å². The summed E-state index contributed by atoms with van der Waals surface area (Å²) in [7, 11) is 0. The highest BCUT2D eigenvalue weighted by atomic mass is 35.5. The molecular formula is C21H24ClN5O4. The molecule has 0 spiro atoms. The van der Waals surface area contributed by atoms with E-state index >= 15 is 0 Å². The van der Waals surface area contributed by atoms with Gasteiger partial charge in [0.15, 0.2) is 6.73 Å². The Labute approximate surface area is 184 Å². The minimum atomic E-state index is -1.10. The van der Waals surface area contributed by atoms with E-state index in [-0.39, 0.29) is 18.2 Å². The van der Waals surface area contributed by atoms with Gasteiger partial charge in [-0.2, -0.15) is 10.2 Å². The number of aryl methyl sites for hydroxylation is 3. The van der Waals surface area contributed by atoms with Crippen LogP contribution in [-0.4, -0.2) is 36.5 Å². The topological polar surface area (TPSA) is 111 Å². The number of rotatable bonds is 7. The van der Waals surface area contributed by atoms with Gasteiger partial charge in [-0.15, -0.1) is 0 Å². The molecule has 2 N–H and O–H groups in total. The molecule has 10 heteroatoms. The minimum absolute atomic E-state index is 0.0182. The maximum Gasteiger partial charge on any atom is 0.338 e. The van der Waals surface area contributed by atoms with Gasteiger partial charge in [0, 0.05) is 11.2 Å². The van der Waals surface area contributed by atoms with E-state index in [2.05, 4.69) is 15.5 Å². The van der Waals surface area contributed by atoms with E-state index in [0.29, 0.717) is 22.2 Å². The number of aromatic nitrogens is 4. The van der Waals surface area contributed by atoms with Crippen LogP contribution in [0.1, 0.15) is 45.8 Å². The zero-order chi connectivity index (χ0) is 22.9. The van der Waals surface area contributed by atoms with Crippen LogP contribution >= 0.6 is 11.6 Å². The molecule has 1 atom stereocenters. The predicted octanol–water partition coefficient (Wildman–Crippen LogP) is 3.90. The van der Waals surface area contributed by atoms with Crippen molar-refractivity contribution in [3.05, 3.63) is 57.6 Å². The number of ether oxygens (including phenoxy) is 1. The molecule has 1 aromatic carbocycles. The van der Waals surface area contributed by atoms with E-state index < -0.39 is 12.0 Å². The van der Waals surface area contributed by atoms with Gasteiger partial charge in [0.2, 0.25) is 5.91 Å². The zero-order valence-corrected chi connectivity index (χ0v) is 18.7. The summed E-state index contributed by atoms with van der Waals surface area (Å²) in [4.78, 5) is 23.7. The Morgan fingerprint density at radius 1 is 1.23 bits per heavy atom. The molecule has 0 aliphatic heterocycles. The van der Waals surface area contributed by atoms with Gasteiger partial charge in [0.05, 0.1) is 28.8 Å². The number of carbonyl (C=O) groups is 2. The molecule has 3 aromatic rings. The summed E-state index contributed by atoms with van der Waals surface area (Å²) in [6.07, 6.45) is 2.53. The standard InChI is InChI=1S/C21H24ClN5O4/c1-11-6-17(7-12(2)18(11)22)31-10-27-14(4)19(13(3)25-27)24-20(28)15(5)26-9-16(8-23-26)21(29)30/h6-9,15H,10H2,1-5H3,(H,24,28)(H,29,30). The van der Waals surface area contributed by atoms with Crippen molar-refractivity contribution in [2.24, 2.45) is 0 Å². The van der Waals surface area contributed by atoms with Gasteiger partial charge in [-0.3, -0.25) is 9.48 Å². The Bertz CT molecular complexity index is 1130. The zero-order valence-electron chi connectivity index (χ0n) is 17.9. The summed E-state index contributed by atoms with van der Waals surface area (Å²) in [5.41, 5.74) is 3.82. The van der Waals surface area contributed by atoms with Gasteiger partial charge in [0.1, 0.15) is 11.8 Å². The second-order valence-electron chi connectivity index (χ2n) is 7.37. The summed E-state index contributed by atoms with van der Waals surface area (Å²) in [5, 5.41) is 21.0. The van der Waals surface area contributed by atoms with E-state index in [1.54, 1.807) is 18.5 Å². The molecule has 164 valence electrons. The van der Waals surface area contributed by atoms with Crippen LogP contribution in [0.5, 0.6) is 5.75 Å². The third-order valence-electron chi connectivity index (χ3n) is 5.02. The van der Waals surface area contributed by atoms with Crippen molar-refractivity contribution in [2.75, 3.05) is 5.32 Å². The molecule has 0 saturated carbocycles. The number of amides is 1. The van der Waals surface area contributed by atoms with Crippen LogP contribution in [-0.2, 0) is 11.5 Å². The van der Waals surface area contributed by atoms with E-state index in [4.69, 9.17) is 21.4 Å². The number of carbonyl (C=O) groups excluding carboxylic acids is 1. The molecule has 9 nitrogen and oxygen atoms in total. The number of nitrogens with zero attached hydrogens (tertiary/aromatic N) is 4. The lowest BCUT2D eigenvalue weighted by Crippen LogP contribution is -2.24. The molecule has 0 radical (unpaired) electrons. The largest absolute Gasteiger partial charge is 0.478 e. The maximum atomic E-state index is 12.7. The van der Waals surface area contributed by atoms with E-state index in [0.717, 1.165) is 16.8 Å². The number of aromatic carboxylic acids is 1. The highest BCUT2D eigenvalue weighted by Gasteiger charge is 2.21. The Morgan fingerprint density at radius 3 is 2.45 bits per heavy atom. The monoisotopic (exact) mass is 445 g/mol. The fourth-order valence-electron chi connectivity index (χ4n) is 3.14. The first-order valence-corrected chi connectivity index (χ1v) is 9.98. The summed E-state index contributed by atoms with van der Waals surface area (Å²) in [6.45, 7) is 9.25. The molecule has 0 aliphatic carbocycles. The Kier molecular flexibility index (Phi) is 6.35. The Hall–Kier alpha value is -3.33. The summed E-state index contributed by atoms with van der Waals surface area (Å²) in [6, 6.07) is 3.02. The Morgan fingerprint density at radius 2 is 1.87 bits per heavy atom. The molecule has 3 rings (SSSR count). The minimum Gasteiger partial charge on any atom is -0.478 e. The predicted molar refractivity (Wildman–Crippen MR) is 116 cm³/mol. The summed E-state index contributed by atoms with van der Waals surface area (Å²) in [5.74, 6) is -0.757. The fraction of sp³-hybridized carbons (Fsp3) is 0.333. The van der Waals surface area contributed by atoms with Gasteiger partial charge in [-0.1, -0.05) is 11.6 Å². The maximum absolute atomic E-state index is 12.7. The molecular weight excluding hydrogens is 422 g/mol. The molecule has 0 aliphatic rings. The van der Waals surface area contributed by atoms with Gasteiger partial charge in [0.25, 0.3) is 0 Å². The molecule has 1 unspecified atom stereocenters. The van der Waals surface area contributed by atoms with Crippen molar-refractivity contribution in [3.8, 4) is 5.75 Å². The third-order valence-corrected chi connectivity index (χ3v) is 5.61. The highest BCUT2D eigenvalue weighted by molar-refractivity contribution is 6.32. The first-order chi connectivity index (χ1) is 14.6. The number of halogens is 1. The van der Waals surface area contributed by atoms with Crippen LogP contribution in [0.15, 0.2) is 24.5 Å². The summed E-state index contributed by atoms with van der Waals surface area (Å²) < 4.78 is 8.83. The van der Waals surface area contributed by atoms with Crippen LogP contribution in [0, 0.1) is 27.7 Å². The van der Waals surface area contributed by atoms with Crippen LogP contribution < -0.4 is 10.1 Å².